The van der Waals surface area contributed by atoms with E-state index in [1.54, 1.807) is 12.3 Å². The zero-order chi connectivity index (χ0) is 22.0. The number of benzene rings is 3. The molecule has 0 bridgehead atoms. The van der Waals surface area contributed by atoms with Gasteiger partial charge in [-0.3, -0.25) is 19.9 Å². The van der Waals surface area contributed by atoms with Gasteiger partial charge < -0.3 is 4.57 Å². The largest absolute Gasteiger partial charge is 0.344 e. The molecule has 6 rings (SSSR count). The summed E-state index contributed by atoms with van der Waals surface area (Å²) in [4.78, 5) is 30.3. The smallest absolute Gasteiger partial charge is 0.259 e. The van der Waals surface area contributed by atoms with E-state index in [0.717, 1.165) is 38.6 Å². The topological polar surface area (TPSA) is 64.0 Å². The maximum absolute atomic E-state index is 13.0. The highest BCUT2D eigenvalue weighted by atomic mass is 35.5. The van der Waals surface area contributed by atoms with Crippen molar-refractivity contribution in [1.82, 2.24) is 14.9 Å². The molecular weight excluding hydrogens is 422 g/mol. The minimum Gasteiger partial charge on any atom is -0.344 e. The molecule has 1 N–H and O–H groups in total. The number of carbonyl (C=O) groups is 2. The Hall–Kier alpha value is -3.96. The van der Waals surface area contributed by atoms with Crippen molar-refractivity contribution in [3.63, 3.8) is 0 Å². The molecule has 154 valence electrons. The highest BCUT2D eigenvalue weighted by Crippen LogP contribution is 2.42. The van der Waals surface area contributed by atoms with E-state index in [9.17, 15) is 9.59 Å². The maximum atomic E-state index is 13.0. The van der Waals surface area contributed by atoms with Crippen molar-refractivity contribution in [2.24, 2.45) is 7.05 Å². The normalized spacial score (nSPS) is 13.1. The SMILES string of the molecule is Cn1c2ccc(-c3ccccn3)cc2c2c3c(c(-c4ccccc4Cl)cc21)C(=O)NC3=O. The standard InChI is InChI=1S/C26H16ClN3O2/c1-30-20-10-9-14(19-8-4-5-11-28-19)12-17(20)22-21(30)13-16(15-6-2-3-7-18(15)27)23-24(22)26(32)29-25(23)31/h2-13H,1H3,(H,29,31,32). The summed E-state index contributed by atoms with van der Waals surface area (Å²) in [7, 11) is 1.96. The van der Waals surface area contributed by atoms with Gasteiger partial charge >= 0.3 is 0 Å². The molecule has 5 nitrogen and oxygen atoms in total. The van der Waals surface area contributed by atoms with Gasteiger partial charge in [0, 0.05) is 45.7 Å². The lowest BCUT2D eigenvalue weighted by Gasteiger charge is -2.10. The lowest BCUT2D eigenvalue weighted by Crippen LogP contribution is -2.20. The summed E-state index contributed by atoms with van der Waals surface area (Å²) in [6, 6.07) is 21.1. The highest BCUT2D eigenvalue weighted by Gasteiger charge is 2.34. The number of rotatable bonds is 2. The van der Waals surface area contributed by atoms with E-state index >= 15 is 0 Å². The number of amides is 2. The van der Waals surface area contributed by atoms with Gasteiger partial charge in [-0.05, 0) is 42.0 Å². The average molecular weight is 438 g/mol. The van der Waals surface area contributed by atoms with Crippen LogP contribution in [0.1, 0.15) is 20.7 Å². The van der Waals surface area contributed by atoms with E-state index in [0.29, 0.717) is 21.7 Å². The van der Waals surface area contributed by atoms with Crippen molar-refractivity contribution in [1.29, 1.82) is 0 Å². The summed E-state index contributed by atoms with van der Waals surface area (Å²) < 4.78 is 2.05. The third kappa shape index (κ3) is 2.55. The molecule has 32 heavy (non-hydrogen) atoms. The summed E-state index contributed by atoms with van der Waals surface area (Å²) in [5.74, 6) is -0.792. The molecule has 0 fully saturated rings. The molecule has 0 saturated carbocycles. The molecule has 0 atom stereocenters. The van der Waals surface area contributed by atoms with Crippen LogP contribution in [-0.4, -0.2) is 21.4 Å². The number of nitrogens with one attached hydrogen (secondary N) is 1. The van der Waals surface area contributed by atoms with E-state index in [1.807, 2.05) is 72.3 Å². The Labute approximate surface area is 188 Å². The molecule has 1 aliphatic heterocycles. The molecule has 2 aromatic heterocycles. The number of pyridine rings is 1. The van der Waals surface area contributed by atoms with Gasteiger partial charge in [-0.25, -0.2) is 0 Å². The predicted octanol–water partition coefficient (Wildman–Crippen LogP) is 5.60. The van der Waals surface area contributed by atoms with Crippen LogP contribution in [0.2, 0.25) is 5.02 Å². The monoisotopic (exact) mass is 437 g/mol. The van der Waals surface area contributed by atoms with Gasteiger partial charge in [0.1, 0.15) is 0 Å². The number of imide groups is 1. The number of aromatic nitrogens is 2. The first-order chi connectivity index (χ1) is 15.5. The van der Waals surface area contributed by atoms with E-state index in [1.165, 1.54) is 0 Å². The second kappa shape index (κ2) is 6.77. The Kier molecular flexibility index (Phi) is 3.97. The molecule has 3 heterocycles. The van der Waals surface area contributed by atoms with Gasteiger partial charge in [-0.2, -0.15) is 0 Å². The number of hydrogen-bond acceptors (Lipinski definition) is 3. The van der Waals surface area contributed by atoms with Crippen molar-refractivity contribution in [2.75, 3.05) is 0 Å². The molecule has 0 radical (unpaired) electrons. The minimum atomic E-state index is -0.403. The van der Waals surface area contributed by atoms with E-state index in [2.05, 4.69) is 10.3 Å². The van der Waals surface area contributed by atoms with Crippen LogP contribution >= 0.6 is 11.6 Å². The lowest BCUT2D eigenvalue weighted by atomic mass is 9.92. The van der Waals surface area contributed by atoms with Crippen LogP contribution in [0.15, 0.2) is 72.9 Å². The Morgan fingerprint density at radius 1 is 0.844 bits per heavy atom. The van der Waals surface area contributed by atoms with Crippen LogP contribution < -0.4 is 5.32 Å². The Morgan fingerprint density at radius 2 is 1.62 bits per heavy atom. The molecule has 3 aromatic carbocycles. The first-order valence-electron chi connectivity index (χ1n) is 10.2. The van der Waals surface area contributed by atoms with E-state index in [4.69, 9.17) is 11.6 Å². The highest BCUT2D eigenvalue weighted by molar-refractivity contribution is 6.36. The molecule has 0 aliphatic carbocycles. The summed E-state index contributed by atoms with van der Waals surface area (Å²) in [5, 5.41) is 4.67. The minimum absolute atomic E-state index is 0.367. The van der Waals surface area contributed by atoms with E-state index < -0.39 is 5.91 Å². The fraction of sp³-hybridized carbons (Fsp3) is 0.0385. The van der Waals surface area contributed by atoms with Gasteiger partial charge in [0.15, 0.2) is 0 Å². The van der Waals surface area contributed by atoms with Crippen molar-refractivity contribution in [2.45, 2.75) is 0 Å². The lowest BCUT2D eigenvalue weighted by molar-refractivity contribution is 0.0880. The third-order valence-corrected chi connectivity index (χ3v) is 6.43. The molecule has 0 spiro atoms. The zero-order valence-electron chi connectivity index (χ0n) is 17.0. The molecular formula is C26H16ClN3O2. The molecule has 6 heteroatoms. The van der Waals surface area contributed by atoms with Crippen LogP contribution in [0.5, 0.6) is 0 Å². The second-order valence-electron chi connectivity index (χ2n) is 7.84. The Morgan fingerprint density at radius 3 is 2.41 bits per heavy atom. The van der Waals surface area contributed by atoms with Gasteiger partial charge in [-0.1, -0.05) is 41.9 Å². The number of aryl methyl sites for hydroxylation is 1. The molecule has 5 aromatic rings. The number of fused-ring (bicyclic) bond motifs is 5. The molecule has 0 unspecified atom stereocenters. The maximum Gasteiger partial charge on any atom is 0.259 e. The van der Waals surface area contributed by atoms with Crippen LogP contribution in [-0.2, 0) is 7.05 Å². The number of carbonyl (C=O) groups excluding carboxylic acids is 2. The fourth-order valence-electron chi connectivity index (χ4n) is 4.64. The average Bonchev–Trinajstić information content (AvgIpc) is 3.27. The van der Waals surface area contributed by atoms with Crippen molar-refractivity contribution in [3.05, 3.63) is 89.1 Å². The van der Waals surface area contributed by atoms with Gasteiger partial charge in [0.05, 0.1) is 22.3 Å². The third-order valence-electron chi connectivity index (χ3n) is 6.10. The summed E-state index contributed by atoms with van der Waals surface area (Å²) in [6.45, 7) is 0. The van der Waals surface area contributed by atoms with Crippen LogP contribution in [0.3, 0.4) is 0 Å². The summed E-state index contributed by atoms with van der Waals surface area (Å²) >= 11 is 6.47. The summed E-state index contributed by atoms with van der Waals surface area (Å²) in [5.41, 5.74) is 5.74. The quantitative estimate of drug-likeness (QED) is 0.366. The first-order valence-corrected chi connectivity index (χ1v) is 10.5. The number of hydrogen-bond donors (Lipinski definition) is 1. The van der Waals surface area contributed by atoms with Crippen LogP contribution in [0.4, 0.5) is 0 Å². The molecule has 0 saturated heterocycles. The first kappa shape index (κ1) is 18.8. The summed E-state index contributed by atoms with van der Waals surface area (Å²) in [6.07, 6.45) is 1.75. The van der Waals surface area contributed by atoms with Crippen molar-refractivity contribution >= 4 is 45.2 Å². The van der Waals surface area contributed by atoms with Crippen LogP contribution in [0.25, 0.3) is 44.2 Å². The van der Waals surface area contributed by atoms with Crippen LogP contribution in [0, 0.1) is 0 Å². The molecule has 2 amide bonds. The number of nitrogens with zero attached hydrogens (tertiary/aromatic N) is 2. The van der Waals surface area contributed by atoms with Crippen molar-refractivity contribution < 1.29 is 9.59 Å². The second-order valence-corrected chi connectivity index (χ2v) is 8.24. The molecule has 1 aliphatic rings. The Balaban J connectivity index is 1.76. The predicted molar refractivity (Wildman–Crippen MR) is 126 cm³/mol. The fourth-order valence-corrected chi connectivity index (χ4v) is 4.88. The number of halogens is 1. The van der Waals surface area contributed by atoms with Gasteiger partial charge in [0.2, 0.25) is 0 Å². The van der Waals surface area contributed by atoms with Gasteiger partial charge in [-0.15, -0.1) is 0 Å². The Bertz CT molecular complexity index is 1600. The van der Waals surface area contributed by atoms with Crippen molar-refractivity contribution in [3.8, 4) is 22.4 Å². The van der Waals surface area contributed by atoms with Gasteiger partial charge in [0.25, 0.3) is 11.8 Å². The zero-order valence-corrected chi connectivity index (χ0v) is 17.8. The van der Waals surface area contributed by atoms with E-state index in [-0.39, 0.29) is 5.91 Å².